The van der Waals surface area contributed by atoms with Crippen molar-refractivity contribution in [3.63, 3.8) is 0 Å². The van der Waals surface area contributed by atoms with E-state index in [-0.39, 0.29) is 17.3 Å². The summed E-state index contributed by atoms with van der Waals surface area (Å²) in [5, 5.41) is 6.57. The number of rotatable bonds is 6. The first kappa shape index (κ1) is 16.4. The lowest BCUT2D eigenvalue weighted by atomic mass is 10.4. The van der Waals surface area contributed by atoms with E-state index < -0.39 is 10.0 Å². The summed E-state index contributed by atoms with van der Waals surface area (Å²) in [6, 6.07) is 0. The zero-order chi connectivity index (χ0) is 12.2. The quantitative estimate of drug-likeness (QED) is 0.747. The van der Waals surface area contributed by atoms with Gasteiger partial charge in [0.05, 0.1) is 0 Å². The minimum atomic E-state index is -3.49. The van der Waals surface area contributed by atoms with Crippen LogP contribution >= 0.6 is 12.4 Å². The third-order valence-electron chi connectivity index (χ3n) is 2.13. The summed E-state index contributed by atoms with van der Waals surface area (Å²) >= 11 is 0. The van der Waals surface area contributed by atoms with Crippen LogP contribution in [0, 0.1) is 13.8 Å². The van der Waals surface area contributed by atoms with Crippen molar-refractivity contribution in [1.29, 1.82) is 0 Å². The Morgan fingerprint density at radius 2 is 1.94 bits per heavy atom. The zero-order valence-electron chi connectivity index (χ0n) is 10.1. The Hall–Kier alpha value is -0.630. The van der Waals surface area contributed by atoms with Crippen molar-refractivity contribution >= 4 is 22.4 Å². The molecule has 0 aromatic carbocycles. The van der Waals surface area contributed by atoms with Gasteiger partial charge in [0, 0.05) is 6.54 Å². The number of sulfonamides is 1. The molecule has 1 aromatic heterocycles. The Labute approximate surface area is 108 Å². The average molecular weight is 284 g/mol. The van der Waals surface area contributed by atoms with Gasteiger partial charge >= 0.3 is 0 Å². The van der Waals surface area contributed by atoms with Crippen LogP contribution in [0.15, 0.2) is 9.42 Å². The second-order valence-corrected chi connectivity index (χ2v) is 5.21. The van der Waals surface area contributed by atoms with E-state index in [4.69, 9.17) is 4.52 Å². The molecule has 100 valence electrons. The number of aromatic nitrogens is 1. The molecule has 8 heteroatoms. The Kier molecular flexibility index (Phi) is 6.69. The second-order valence-electron chi connectivity index (χ2n) is 3.51. The van der Waals surface area contributed by atoms with Gasteiger partial charge in [-0.3, -0.25) is 0 Å². The van der Waals surface area contributed by atoms with Crippen LogP contribution in [0.5, 0.6) is 0 Å². The van der Waals surface area contributed by atoms with E-state index >= 15 is 0 Å². The molecule has 0 saturated heterocycles. The minimum Gasteiger partial charge on any atom is -0.360 e. The van der Waals surface area contributed by atoms with Crippen LogP contribution in [0.3, 0.4) is 0 Å². The lowest BCUT2D eigenvalue weighted by molar-refractivity contribution is 0.390. The smallest absolute Gasteiger partial charge is 0.245 e. The predicted octanol–water partition coefficient (Wildman–Crippen LogP) is 0.601. The summed E-state index contributed by atoms with van der Waals surface area (Å²) in [5.74, 6) is 0.318. The Morgan fingerprint density at radius 1 is 1.29 bits per heavy atom. The fourth-order valence-electron chi connectivity index (χ4n) is 1.40. The molecule has 0 aliphatic rings. The van der Waals surface area contributed by atoms with Gasteiger partial charge in [-0.2, -0.15) is 0 Å². The zero-order valence-corrected chi connectivity index (χ0v) is 11.7. The van der Waals surface area contributed by atoms with Gasteiger partial charge in [0.25, 0.3) is 0 Å². The van der Waals surface area contributed by atoms with Crippen LogP contribution in [0.4, 0.5) is 0 Å². The van der Waals surface area contributed by atoms with Crippen LogP contribution in [0.25, 0.3) is 0 Å². The predicted molar refractivity (Wildman–Crippen MR) is 67.0 cm³/mol. The molecule has 0 saturated carbocycles. The summed E-state index contributed by atoms with van der Waals surface area (Å²) in [6.07, 6.45) is 0.735. The standard InChI is InChI=1S/C9H17N3O3S.ClH/c1-7-9(8(2)15-12-7)16(13,14)11-6-4-5-10-3;/h10-11H,4-6H2,1-3H3;1H. The highest BCUT2D eigenvalue weighted by atomic mass is 35.5. The van der Waals surface area contributed by atoms with Crippen molar-refractivity contribution in [3.05, 3.63) is 11.5 Å². The lowest BCUT2D eigenvalue weighted by Gasteiger charge is -2.05. The van der Waals surface area contributed by atoms with Crippen molar-refractivity contribution in [1.82, 2.24) is 15.2 Å². The molecule has 1 rings (SSSR count). The lowest BCUT2D eigenvalue weighted by Crippen LogP contribution is -2.27. The van der Waals surface area contributed by atoms with Crippen LogP contribution in [-0.2, 0) is 10.0 Å². The van der Waals surface area contributed by atoms with Crippen molar-refractivity contribution in [2.45, 2.75) is 25.2 Å². The van der Waals surface area contributed by atoms with E-state index in [0.717, 1.165) is 13.0 Å². The van der Waals surface area contributed by atoms with Crippen LogP contribution < -0.4 is 10.0 Å². The summed E-state index contributed by atoms with van der Waals surface area (Å²) in [5.41, 5.74) is 0.388. The van der Waals surface area contributed by atoms with Gasteiger partial charge in [0.1, 0.15) is 10.6 Å². The van der Waals surface area contributed by atoms with Crippen molar-refractivity contribution in [2.24, 2.45) is 0 Å². The molecule has 0 radical (unpaired) electrons. The Morgan fingerprint density at radius 3 is 2.41 bits per heavy atom. The molecule has 0 amide bonds. The monoisotopic (exact) mass is 283 g/mol. The first-order valence-electron chi connectivity index (χ1n) is 5.06. The molecular weight excluding hydrogens is 266 g/mol. The molecule has 0 spiro atoms. The Bertz CT molecular complexity index is 425. The van der Waals surface area contributed by atoms with Crippen LogP contribution in [-0.4, -0.2) is 33.7 Å². The number of hydrogen-bond acceptors (Lipinski definition) is 5. The fourth-order valence-corrected chi connectivity index (χ4v) is 2.80. The molecule has 0 aliphatic heterocycles. The maximum atomic E-state index is 11.9. The normalized spacial score (nSPS) is 11.2. The number of halogens is 1. The van der Waals surface area contributed by atoms with E-state index in [1.54, 1.807) is 13.8 Å². The molecule has 1 aromatic rings. The van der Waals surface area contributed by atoms with E-state index in [0.29, 0.717) is 18.0 Å². The second kappa shape index (κ2) is 6.95. The van der Waals surface area contributed by atoms with E-state index in [9.17, 15) is 8.42 Å². The molecule has 0 bridgehead atoms. The van der Waals surface area contributed by atoms with Gasteiger partial charge in [-0.25, -0.2) is 13.1 Å². The van der Waals surface area contributed by atoms with Crippen LogP contribution in [0.1, 0.15) is 17.9 Å². The van der Waals surface area contributed by atoms with Gasteiger partial charge in [0.15, 0.2) is 5.76 Å². The Balaban J connectivity index is 0.00000256. The van der Waals surface area contributed by atoms with Crippen molar-refractivity contribution in [2.75, 3.05) is 20.1 Å². The molecule has 0 atom stereocenters. The average Bonchev–Trinajstić information content (AvgIpc) is 2.54. The maximum Gasteiger partial charge on any atom is 0.245 e. The first-order valence-corrected chi connectivity index (χ1v) is 6.54. The highest BCUT2D eigenvalue weighted by molar-refractivity contribution is 7.89. The molecule has 0 aliphatic carbocycles. The largest absolute Gasteiger partial charge is 0.360 e. The maximum absolute atomic E-state index is 11.9. The molecule has 0 fully saturated rings. The number of nitrogens with one attached hydrogen (secondary N) is 2. The molecular formula is C9H18ClN3O3S. The van der Waals surface area contributed by atoms with Gasteiger partial charge < -0.3 is 9.84 Å². The van der Waals surface area contributed by atoms with Gasteiger partial charge in [-0.15, -0.1) is 12.4 Å². The van der Waals surface area contributed by atoms with Crippen LogP contribution in [0.2, 0.25) is 0 Å². The topological polar surface area (TPSA) is 84.2 Å². The third kappa shape index (κ3) is 4.27. The van der Waals surface area contributed by atoms with Crippen molar-refractivity contribution in [3.8, 4) is 0 Å². The summed E-state index contributed by atoms with van der Waals surface area (Å²) in [4.78, 5) is 0.150. The highest BCUT2D eigenvalue weighted by Crippen LogP contribution is 2.18. The fraction of sp³-hybridized carbons (Fsp3) is 0.667. The van der Waals surface area contributed by atoms with E-state index in [1.165, 1.54) is 0 Å². The van der Waals surface area contributed by atoms with E-state index in [1.807, 2.05) is 7.05 Å². The van der Waals surface area contributed by atoms with Gasteiger partial charge in [-0.1, -0.05) is 5.16 Å². The SMILES string of the molecule is CNCCCNS(=O)(=O)c1c(C)noc1C.Cl. The molecule has 17 heavy (non-hydrogen) atoms. The molecule has 2 N–H and O–H groups in total. The summed E-state index contributed by atoms with van der Waals surface area (Å²) < 4.78 is 31.1. The third-order valence-corrected chi connectivity index (χ3v) is 3.84. The molecule has 1 heterocycles. The minimum absolute atomic E-state index is 0. The number of aryl methyl sites for hydroxylation is 2. The number of hydrogen-bond donors (Lipinski definition) is 2. The van der Waals surface area contributed by atoms with Gasteiger partial charge in [0.2, 0.25) is 10.0 Å². The summed E-state index contributed by atoms with van der Waals surface area (Å²) in [6.45, 7) is 4.36. The van der Waals surface area contributed by atoms with E-state index in [2.05, 4.69) is 15.2 Å². The molecule has 0 unspecified atom stereocenters. The molecule has 6 nitrogen and oxygen atoms in total. The summed E-state index contributed by atoms with van der Waals surface area (Å²) in [7, 11) is -1.67. The first-order chi connectivity index (χ1) is 7.49. The van der Waals surface area contributed by atoms with Crippen molar-refractivity contribution < 1.29 is 12.9 Å². The van der Waals surface area contributed by atoms with Gasteiger partial charge in [-0.05, 0) is 33.9 Å². The highest BCUT2D eigenvalue weighted by Gasteiger charge is 2.23. The number of nitrogens with zero attached hydrogens (tertiary/aromatic N) is 1.